The van der Waals surface area contributed by atoms with E-state index in [0.29, 0.717) is 0 Å². The quantitative estimate of drug-likeness (QED) is 0.880. The van der Waals surface area contributed by atoms with Gasteiger partial charge in [-0.25, -0.2) is 0 Å². The summed E-state index contributed by atoms with van der Waals surface area (Å²) < 4.78 is 0. The fourth-order valence-electron chi connectivity index (χ4n) is 2.58. The largest absolute Gasteiger partial charge is 0.347 e. The molecule has 1 heterocycles. The molecule has 1 aromatic rings. The Morgan fingerprint density at radius 3 is 2.78 bits per heavy atom. The average molecular weight is 266 g/mol. The van der Waals surface area contributed by atoms with Gasteiger partial charge in [0.25, 0.3) is 0 Å². The molecule has 1 aliphatic rings. The van der Waals surface area contributed by atoms with E-state index in [0.717, 1.165) is 32.1 Å². The lowest BCUT2D eigenvalue weighted by atomic mass is 9.81. The van der Waals surface area contributed by atoms with Crippen molar-refractivity contribution in [3.8, 4) is 0 Å². The van der Waals surface area contributed by atoms with Crippen LogP contribution in [0.1, 0.15) is 56.4 Å². The second-order valence-electron chi connectivity index (χ2n) is 5.17. The number of nitrogens with two attached hydrogens (primary N) is 1. The Kier molecular flexibility index (Phi) is 4.40. The molecule has 0 radical (unpaired) electrons. The molecule has 4 heteroatoms. The van der Waals surface area contributed by atoms with Gasteiger partial charge >= 0.3 is 0 Å². The van der Waals surface area contributed by atoms with Crippen molar-refractivity contribution in [1.82, 2.24) is 5.32 Å². The highest BCUT2D eigenvalue weighted by molar-refractivity contribution is 7.10. The van der Waals surface area contributed by atoms with Gasteiger partial charge in [-0.05, 0) is 30.7 Å². The summed E-state index contributed by atoms with van der Waals surface area (Å²) in [5.41, 5.74) is 5.61. The third-order valence-corrected chi connectivity index (χ3v) is 4.78. The molecule has 1 atom stereocenters. The molecular weight excluding hydrogens is 244 g/mol. The van der Waals surface area contributed by atoms with Gasteiger partial charge in [0.1, 0.15) is 0 Å². The minimum atomic E-state index is -0.636. The molecule has 100 valence electrons. The minimum absolute atomic E-state index is 0.0300. The van der Waals surface area contributed by atoms with Gasteiger partial charge in [-0.3, -0.25) is 4.79 Å². The minimum Gasteiger partial charge on any atom is -0.347 e. The van der Waals surface area contributed by atoms with E-state index < -0.39 is 5.54 Å². The second-order valence-corrected chi connectivity index (χ2v) is 6.15. The summed E-state index contributed by atoms with van der Waals surface area (Å²) in [6, 6.07) is 4.21. The van der Waals surface area contributed by atoms with Crippen LogP contribution in [0.5, 0.6) is 0 Å². The van der Waals surface area contributed by atoms with Gasteiger partial charge in [0.2, 0.25) is 5.91 Å². The van der Waals surface area contributed by atoms with Gasteiger partial charge in [-0.15, -0.1) is 11.3 Å². The van der Waals surface area contributed by atoms with Gasteiger partial charge in [0.05, 0.1) is 11.6 Å². The van der Waals surface area contributed by atoms with E-state index >= 15 is 0 Å². The number of carbonyl (C=O) groups is 1. The summed E-state index contributed by atoms with van der Waals surface area (Å²) in [5.74, 6) is 0.0300. The molecule has 3 N–H and O–H groups in total. The van der Waals surface area contributed by atoms with E-state index in [1.54, 1.807) is 11.3 Å². The standard InChI is InChI=1S/C14H22N2OS/c1-2-11(12-7-6-10-18-12)16-13(17)14(15)8-4-3-5-9-14/h6-7,10-11H,2-5,8-9,15H2,1H3,(H,16,17). The monoisotopic (exact) mass is 266 g/mol. The molecule has 1 amide bonds. The lowest BCUT2D eigenvalue weighted by molar-refractivity contribution is -0.128. The average Bonchev–Trinajstić information content (AvgIpc) is 2.90. The highest BCUT2D eigenvalue weighted by Gasteiger charge is 2.36. The molecule has 2 rings (SSSR count). The first-order chi connectivity index (χ1) is 8.65. The molecule has 1 unspecified atom stereocenters. The zero-order chi connectivity index (χ0) is 13.0. The summed E-state index contributed by atoms with van der Waals surface area (Å²) in [5, 5.41) is 5.17. The molecular formula is C14H22N2OS. The molecule has 1 aliphatic carbocycles. The molecule has 0 saturated heterocycles. The van der Waals surface area contributed by atoms with E-state index in [1.165, 1.54) is 11.3 Å². The van der Waals surface area contributed by atoms with Crippen LogP contribution in [0.4, 0.5) is 0 Å². The fraction of sp³-hybridized carbons (Fsp3) is 0.643. The normalized spacial score (nSPS) is 20.3. The van der Waals surface area contributed by atoms with Crippen molar-refractivity contribution in [2.24, 2.45) is 5.73 Å². The number of carbonyl (C=O) groups excluding carboxylic acids is 1. The Balaban J connectivity index is 2.01. The zero-order valence-electron chi connectivity index (χ0n) is 10.9. The third kappa shape index (κ3) is 2.93. The van der Waals surface area contributed by atoms with Crippen LogP contribution in [0.3, 0.4) is 0 Å². The van der Waals surface area contributed by atoms with Gasteiger partial charge in [0, 0.05) is 4.88 Å². The van der Waals surface area contributed by atoms with Crippen LogP contribution in [-0.4, -0.2) is 11.4 Å². The Morgan fingerprint density at radius 1 is 1.50 bits per heavy atom. The summed E-state index contributed by atoms with van der Waals surface area (Å²) in [7, 11) is 0. The highest BCUT2D eigenvalue weighted by atomic mass is 32.1. The molecule has 1 saturated carbocycles. The smallest absolute Gasteiger partial charge is 0.240 e. The maximum atomic E-state index is 12.4. The van der Waals surface area contributed by atoms with Crippen molar-refractivity contribution in [3.63, 3.8) is 0 Å². The molecule has 1 fully saturated rings. The van der Waals surface area contributed by atoms with E-state index in [1.807, 2.05) is 11.4 Å². The van der Waals surface area contributed by atoms with Crippen LogP contribution in [0.25, 0.3) is 0 Å². The molecule has 0 aromatic carbocycles. The van der Waals surface area contributed by atoms with Gasteiger partial charge in [-0.2, -0.15) is 0 Å². The van der Waals surface area contributed by atoms with Crippen molar-refractivity contribution in [3.05, 3.63) is 22.4 Å². The van der Waals surface area contributed by atoms with Gasteiger partial charge < -0.3 is 11.1 Å². The lowest BCUT2D eigenvalue weighted by Crippen LogP contribution is -2.55. The van der Waals surface area contributed by atoms with Crippen molar-refractivity contribution in [2.45, 2.75) is 57.0 Å². The van der Waals surface area contributed by atoms with E-state index in [9.17, 15) is 4.79 Å². The van der Waals surface area contributed by atoms with Crippen LogP contribution < -0.4 is 11.1 Å². The number of rotatable bonds is 4. The van der Waals surface area contributed by atoms with Crippen molar-refractivity contribution >= 4 is 17.2 Å². The SMILES string of the molecule is CCC(NC(=O)C1(N)CCCCC1)c1cccs1. The summed E-state index contributed by atoms with van der Waals surface area (Å²) >= 11 is 1.69. The summed E-state index contributed by atoms with van der Waals surface area (Å²) in [6.07, 6.45) is 5.88. The first kappa shape index (κ1) is 13.6. The van der Waals surface area contributed by atoms with E-state index in [-0.39, 0.29) is 11.9 Å². The third-order valence-electron chi connectivity index (χ3n) is 3.80. The molecule has 18 heavy (non-hydrogen) atoms. The molecule has 0 aliphatic heterocycles. The maximum Gasteiger partial charge on any atom is 0.240 e. The van der Waals surface area contributed by atoms with Crippen LogP contribution in [0, 0.1) is 0 Å². The van der Waals surface area contributed by atoms with E-state index in [2.05, 4.69) is 18.3 Å². The van der Waals surface area contributed by atoms with Crippen molar-refractivity contribution < 1.29 is 4.79 Å². The molecule has 0 bridgehead atoms. The fourth-order valence-corrected chi connectivity index (χ4v) is 3.44. The van der Waals surface area contributed by atoms with Gasteiger partial charge in [0.15, 0.2) is 0 Å². The Labute approximate surface area is 113 Å². The Morgan fingerprint density at radius 2 is 2.22 bits per heavy atom. The Hall–Kier alpha value is -0.870. The highest BCUT2D eigenvalue weighted by Crippen LogP contribution is 2.28. The van der Waals surface area contributed by atoms with Gasteiger partial charge in [-0.1, -0.05) is 32.3 Å². The van der Waals surface area contributed by atoms with Crippen LogP contribution in [0.15, 0.2) is 17.5 Å². The molecule has 1 aromatic heterocycles. The number of amides is 1. The number of nitrogens with one attached hydrogen (secondary N) is 1. The predicted molar refractivity (Wildman–Crippen MR) is 75.5 cm³/mol. The molecule has 3 nitrogen and oxygen atoms in total. The molecule has 0 spiro atoms. The van der Waals surface area contributed by atoms with Crippen LogP contribution >= 0.6 is 11.3 Å². The topological polar surface area (TPSA) is 55.1 Å². The number of thiophene rings is 1. The Bertz CT molecular complexity index is 383. The zero-order valence-corrected chi connectivity index (χ0v) is 11.8. The predicted octanol–water partition coefficient (Wildman–Crippen LogP) is 2.98. The maximum absolute atomic E-state index is 12.4. The van der Waals surface area contributed by atoms with Crippen LogP contribution in [-0.2, 0) is 4.79 Å². The first-order valence-electron chi connectivity index (χ1n) is 6.79. The summed E-state index contributed by atoms with van der Waals surface area (Å²) in [4.78, 5) is 13.6. The first-order valence-corrected chi connectivity index (χ1v) is 7.67. The summed E-state index contributed by atoms with van der Waals surface area (Å²) in [6.45, 7) is 2.09. The number of hydrogen-bond acceptors (Lipinski definition) is 3. The van der Waals surface area contributed by atoms with E-state index in [4.69, 9.17) is 5.73 Å². The van der Waals surface area contributed by atoms with Crippen molar-refractivity contribution in [2.75, 3.05) is 0 Å². The number of hydrogen-bond donors (Lipinski definition) is 2. The second kappa shape index (κ2) is 5.85. The van der Waals surface area contributed by atoms with Crippen LogP contribution in [0.2, 0.25) is 0 Å². The van der Waals surface area contributed by atoms with Crippen molar-refractivity contribution in [1.29, 1.82) is 0 Å². The lowest BCUT2D eigenvalue weighted by Gasteiger charge is -2.33.